The van der Waals surface area contributed by atoms with Crippen LogP contribution in [0.15, 0.2) is 36.3 Å². The first kappa shape index (κ1) is 13.1. The van der Waals surface area contributed by atoms with E-state index < -0.39 is 12.1 Å². The number of ether oxygens (including phenoxy) is 1. The number of hydrogen-bond acceptors (Lipinski definition) is 3. The van der Waals surface area contributed by atoms with Crippen molar-refractivity contribution >= 4 is 0 Å². The molecule has 0 spiro atoms. The Kier molecular flexibility index (Phi) is 5.02. The number of nitrogens with zero attached hydrogens (tertiary/aromatic N) is 1. The molecule has 0 saturated carbocycles. The van der Waals surface area contributed by atoms with Gasteiger partial charge < -0.3 is 10.5 Å². The number of hydrogen-bond donors (Lipinski definition) is 1. The molecule has 15 heavy (non-hydrogen) atoms. The van der Waals surface area contributed by atoms with Crippen molar-refractivity contribution < 1.29 is 17.9 Å². The van der Waals surface area contributed by atoms with Crippen LogP contribution < -0.4 is 5.73 Å². The van der Waals surface area contributed by atoms with E-state index in [-0.39, 0.29) is 12.0 Å². The summed E-state index contributed by atoms with van der Waals surface area (Å²) in [5.41, 5.74) is 5.13. The molecule has 0 saturated heterocycles. The maximum absolute atomic E-state index is 11.7. The van der Waals surface area contributed by atoms with Gasteiger partial charge in [-0.05, 0) is 6.08 Å². The van der Waals surface area contributed by atoms with E-state index in [1.807, 2.05) is 0 Å². The van der Waals surface area contributed by atoms with E-state index in [4.69, 9.17) is 11.0 Å². The van der Waals surface area contributed by atoms with Gasteiger partial charge >= 0.3 is 6.36 Å². The second-order valence-electron chi connectivity index (χ2n) is 2.44. The Bertz CT molecular complexity index is 323. The smallest absolute Gasteiger partial charge is 0.404 e. The number of nitrogens with two attached hydrogens (primary N) is 1. The number of alkyl halides is 3. The molecule has 0 aromatic rings. The Morgan fingerprint density at radius 3 is 2.53 bits per heavy atom. The molecule has 0 aliphatic carbocycles. The van der Waals surface area contributed by atoms with E-state index in [1.54, 1.807) is 6.07 Å². The molecule has 3 nitrogen and oxygen atoms in total. The number of rotatable bonds is 4. The highest BCUT2D eigenvalue weighted by Crippen LogP contribution is 2.20. The van der Waals surface area contributed by atoms with Crippen LogP contribution in [0.3, 0.4) is 0 Å². The molecular formula is C9H9F3N2O. The lowest BCUT2D eigenvalue weighted by molar-refractivity contribution is -0.303. The van der Waals surface area contributed by atoms with Crippen molar-refractivity contribution in [3.8, 4) is 6.07 Å². The number of nitriles is 1. The van der Waals surface area contributed by atoms with Gasteiger partial charge in [0.05, 0.1) is 6.07 Å². The second kappa shape index (κ2) is 5.75. The van der Waals surface area contributed by atoms with Crippen LogP contribution in [-0.4, -0.2) is 6.36 Å². The predicted octanol–water partition coefficient (Wildman–Crippen LogP) is 2.35. The molecule has 0 aliphatic rings. The van der Waals surface area contributed by atoms with Gasteiger partial charge in [-0.3, -0.25) is 0 Å². The van der Waals surface area contributed by atoms with E-state index in [0.717, 1.165) is 6.08 Å². The van der Waals surface area contributed by atoms with E-state index in [1.165, 1.54) is 6.08 Å². The minimum Gasteiger partial charge on any atom is -0.404 e. The SMILES string of the molecule is C=C(C#N)C/C=C\C(=C/N)OC(F)(F)F. The third kappa shape index (κ3) is 7.19. The first-order chi connectivity index (χ1) is 6.89. The maximum atomic E-state index is 11.7. The summed E-state index contributed by atoms with van der Waals surface area (Å²) in [5.74, 6) is -0.534. The standard InChI is InChI=1S/C9H9F3N2O/c1-7(5-13)3-2-4-8(6-14)15-9(10,11)12/h2,4,6H,1,3,14H2/b4-2-,8-6+. The van der Waals surface area contributed by atoms with Crippen molar-refractivity contribution in [2.45, 2.75) is 12.8 Å². The predicted molar refractivity (Wildman–Crippen MR) is 47.9 cm³/mol. The van der Waals surface area contributed by atoms with Crippen LogP contribution in [-0.2, 0) is 4.74 Å². The Balaban J connectivity index is 4.26. The molecule has 82 valence electrons. The zero-order chi connectivity index (χ0) is 11.9. The minimum absolute atomic E-state index is 0.148. The molecule has 0 aliphatic heterocycles. The summed E-state index contributed by atoms with van der Waals surface area (Å²) in [6.07, 6.45) is -1.62. The highest BCUT2D eigenvalue weighted by atomic mass is 19.4. The topological polar surface area (TPSA) is 59.0 Å². The van der Waals surface area contributed by atoms with Crippen LogP contribution in [0.1, 0.15) is 6.42 Å². The van der Waals surface area contributed by atoms with Gasteiger partial charge in [0.1, 0.15) is 5.76 Å². The van der Waals surface area contributed by atoms with E-state index in [9.17, 15) is 13.2 Å². The molecule has 0 heterocycles. The number of halogens is 3. The van der Waals surface area contributed by atoms with Crippen molar-refractivity contribution in [1.29, 1.82) is 5.26 Å². The molecule has 0 atom stereocenters. The first-order valence-corrected chi connectivity index (χ1v) is 3.81. The van der Waals surface area contributed by atoms with Gasteiger partial charge in [0.25, 0.3) is 0 Å². The summed E-state index contributed by atoms with van der Waals surface area (Å²) in [5, 5.41) is 8.31. The van der Waals surface area contributed by atoms with Crippen molar-refractivity contribution in [1.82, 2.24) is 0 Å². The highest BCUT2D eigenvalue weighted by molar-refractivity contribution is 5.21. The zero-order valence-corrected chi connectivity index (χ0v) is 7.71. The van der Waals surface area contributed by atoms with Crippen LogP contribution >= 0.6 is 0 Å². The van der Waals surface area contributed by atoms with Crippen molar-refractivity contribution in [2.75, 3.05) is 0 Å². The van der Waals surface area contributed by atoms with Gasteiger partial charge in [0, 0.05) is 18.2 Å². The van der Waals surface area contributed by atoms with Crippen LogP contribution in [0.5, 0.6) is 0 Å². The first-order valence-electron chi connectivity index (χ1n) is 3.81. The van der Waals surface area contributed by atoms with Crippen molar-refractivity contribution in [2.24, 2.45) is 5.73 Å². The van der Waals surface area contributed by atoms with Crippen LogP contribution in [0.2, 0.25) is 0 Å². The summed E-state index contributed by atoms with van der Waals surface area (Å²) in [6, 6.07) is 1.75. The molecule has 0 rings (SSSR count). The molecule has 0 bridgehead atoms. The summed E-state index contributed by atoms with van der Waals surface area (Å²) >= 11 is 0. The molecule has 0 aromatic heterocycles. The fraction of sp³-hybridized carbons (Fsp3) is 0.222. The molecule has 0 aromatic carbocycles. The summed E-state index contributed by atoms with van der Waals surface area (Å²) in [4.78, 5) is 0. The Morgan fingerprint density at radius 2 is 2.13 bits per heavy atom. The summed E-state index contributed by atoms with van der Waals surface area (Å²) in [6.45, 7) is 3.34. The van der Waals surface area contributed by atoms with Gasteiger partial charge in [-0.15, -0.1) is 13.2 Å². The van der Waals surface area contributed by atoms with Crippen molar-refractivity contribution in [3.63, 3.8) is 0 Å². The summed E-state index contributed by atoms with van der Waals surface area (Å²) < 4.78 is 38.7. The Hall–Kier alpha value is -1.90. The van der Waals surface area contributed by atoms with Crippen LogP contribution in [0, 0.1) is 11.3 Å². The lowest BCUT2D eigenvalue weighted by Crippen LogP contribution is -2.12. The Labute approximate surface area is 84.9 Å². The van der Waals surface area contributed by atoms with Crippen LogP contribution in [0.4, 0.5) is 13.2 Å². The molecule has 0 amide bonds. The van der Waals surface area contributed by atoms with Gasteiger partial charge in [0.15, 0.2) is 0 Å². The highest BCUT2D eigenvalue weighted by Gasteiger charge is 2.31. The van der Waals surface area contributed by atoms with Gasteiger partial charge in [-0.1, -0.05) is 12.7 Å². The quantitative estimate of drug-likeness (QED) is 0.447. The fourth-order valence-electron chi connectivity index (χ4n) is 0.620. The van der Waals surface area contributed by atoms with Gasteiger partial charge in [-0.25, -0.2) is 0 Å². The lowest BCUT2D eigenvalue weighted by Gasteiger charge is -2.08. The third-order valence-corrected chi connectivity index (χ3v) is 1.20. The molecular weight excluding hydrogens is 209 g/mol. The van der Waals surface area contributed by atoms with E-state index in [2.05, 4.69) is 11.3 Å². The maximum Gasteiger partial charge on any atom is 0.573 e. The van der Waals surface area contributed by atoms with Gasteiger partial charge in [-0.2, -0.15) is 5.26 Å². The van der Waals surface area contributed by atoms with Gasteiger partial charge in [0.2, 0.25) is 0 Å². The second-order valence-corrected chi connectivity index (χ2v) is 2.44. The van der Waals surface area contributed by atoms with Crippen molar-refractivity contribution in [3.05, 3.63) is 36.3 Å². The molecule has 6 heteroatoms. The molecule has 2 N–H and O–H groups in total. The Morgan fingerprint density at radius 1 is 1.53 bits per heavy atom. The monoisotopic (exact) mass is 218 g/mol. The molecule has 0 fully saturated rings. The molecule has 0 radical (unpaired) electrons. The third-order valence-electron chi connectivity index (χ3n) is 1.20. The normalized spacial score (nSPS) is 12.5. The largest absolute Gasteiger partial charge is 0.573 e. The zero-order valence-electron chi connectivity index (χ0n) is 7.71. The van der Waals surface area contributed by atoms with E-state index in [0.29, 0.717) is 6.20 Å². The van der Waals surface area contributed by atoms with Crippen LogP contribution in [0.25, 0.3) is 0 Å². The fourth-order valence-corrected chi connectivity index (χ4v) is 0.620. The minimum atomic E-state index is -4.78. The average Bonchev–Trinajstić information content (AvgIpc) is 2.14. The average molecular weight is 218 g/mol. The van der Waals surface area contributed by atoms with E-state index >= 15 is 0 Å². The lowest BCUT2D eigenvalue weighted by atomic mass is 10.2. The summed E-state index contributed by atoms with van der Waals surface area (Å²) in [7, 11) is 0. The molecule has 0 unspecified atom stereocenters. The number of allylic oxidation sites excluding steroid dienone is 3.